The fourth-order valence-corrected chi connectivity index (χ4v) is 5.44. The maximum Gasteiger partial charge on any atom is 0.162 e. The topological polar surface area (TPSA) is 51.5 Å². The molecule has 6 rings (SSSR count). The molecule has 34 heavy (non-hydrogen) atoms. The van der Waals surface area contributed by atoms with Gasteiger partial charge >= 0.3 is 0 Å². The number of ether oxygens (including phenoxy) is 1. The summed E-state index contributed by atoms with van der Waals surface area (Å²) in [5.41, 5.74) is 5.25. The average Bonchev–Trinajstić information content (AvgIpc) is 3.41. The molecule has 2 atom stereocenters. The average molecular weight is 450 g/mol. The van der Waals surface area contributed by atoms with E-state index in [4.69, 9.17) is 9.15 Å². The molecule has 0 bridgehead atoms. The zero-order valence-electron chi connectivity index (χ0n) is 19.2. The molecule has 2 heterocycles. The number of fused-ring (bicyclic) bond motifs is 3. The number of benzene rings is 3. The molecule has 4 aromatic rings. The molecule has 0 radical (unpaired) electrons. The van der Waals surface area contributed by atoms with E-state index < -0.39 is 0 Å². The van der Waals surface area contributed by atoms with Gasteiger partial charge in [-0.1, -0.05) is 49.4 Å². The zero-order chi connectivity index (χ0) is 23.1. The van der Waals surface area contributed by atoms with Crippen LogP contribution in [0.1, 0.15) is 54.9 Å². The molecular weight excluding hydrogens is 422 g/mol. The molecule has 1 aromatic heterocycles. The van der Waals surface area contributed by atoms with Crippen LogP contribution in [-0.2, 0) is 4.79 Å². The first-order valence-corrected chi connectivity index (χ1v) is 12.0. The summed E-state index contributed by atoms with van der Waals surface area (Å²) in [6, 6.07) is 24.9. The van der Waals surface area contributed by atoms with Crippen molar-refractivity contribution in [2.24, 2.45) is 0 Å². The SMILES string of the molecule is CCCOc1ccc([C@@H]2C3=C(C[C@@H](c4ccco4)CC3=O)Nc3ccc4ccccc4c32)cc1. The van der Waals surface area contributed by atoms with Crippen molar-refractivity contribution in [3.63, 3.8) is 0 Å². The van der Waals surface area contributed by atoms with Crippen molar-refractivity contribution in [3.05, 3.63) is 107 Å². The van der Waals surface area contributed by atoms with Crippen LogP contribution in [0.5, 0.6) is 5.75 Å². The van der Waals surface area contributed by atoms with E-state index in [0.29, 0.717) is 13.0 Å². The lowest BCUT2D eigenvalue weighted by atomic mass is 9.71. The fraction of sp³-hybridized carbons (Fsp3) is 0.233. The number of Topliss-reactive ketones (excluding diaryl/α,β-unsaturated/α-hetero) is 1. The van der Waals surface area contributed by atoms with Gasteiger partial charge < -0.3 is 14.5 Å². The monoisotopic (exact) mass is 449 g/mol. The summed E-state index contributed by atoms with van der Waals surface area (Å²) in [7, 11) is 0. The third kappa shape index (κ3) is 3.50. The summed E-state index contributed by atoms with van der Waals surface area (Å²) in [6.07, 6.45) is 3.87. The molecule has 4 heteroatoms. The molecule has 1 aliphatic heterocycles. The zero-order valence-corrected chi connectivity index (χ0v) is 19.2. The van der Waals surface area contributed by atoms with Gasteiger partial charge in [-0.3, -0.25) is 4.79 Å². The summed E-state index contributed by atoms with van der Waals surface area (Å²) in [4.78, 5) is 13.7. The van der Waals surface area contributed by atoms with Crippen molar-refractivity contribution in [2.75, 3.05) is 11.9 Å². The van der Waals surface area contributed by atoms with Crippen molar-refractivity contribution in [1.29, 1.82) is 0 Å². The molecule has 1 N–H and O–H groups in total. The number of anilines is 1. The molecule has 0 fully saturated rings. The largest absolute Gasteiger partial charge is 0.494 e. The van der Waals surface area contributed by atoms with Gasteiger partial charge in [-0.25, -0.2) is 0 Å². The van der Waals surface area contributed by atoms with Crippen LogP contribution in [-0.4, -0.2) is 12.4 Å². The van der Waals surface area contributed by atoms with Crippen LogP contribution in [0.3, 0.4) is 0 Å². The number of nitrogens with one attached hydrogen (secondary N) is 1. The van der Waals surface area contributed by atoms with Gasteiger partial charge in [-0.2, -0.15) is 0 Å². The molecule has 3 aromatic carbocycles. The van der Waals surface area contributed by atoms with Crippen LogP contribution in [0, 0.1) is 0 Å². The van der Waals surface area contributed by atoms with E-state index >= 15 is 0 Å². The van der Waals surface area contributed by atoms with E-state index in [0.717, 1.165) is 46.9 Å². The minimum absolute atomic E-state index is 0.0567. The van der Waals surface area contributed by atoms with E-state index in [2.05, 4.69) is 60.8 Å². The second kappa shape index (κ2) is 8.53. The molecule has 0 unspecified atom stereocenters. The van der Waals surface area contributed by atoms with Crippen LogP contribution in [0.4, 0.5) is 5.69 Å². The van der Waals surface area contributed by atoms with E-state index in [1.165, 1.54) is 16.3 Å². The number of allylic oxidation sites excluding steroid dienone is 2. The number of ketones is 1. The van der Waals surface area contributed by atoms with Crippen LogP contribution >= 0.6 is 0 Å². The molecule has 0 amide bonds. The van der Waals surface area contributed by atoms with E-state index in [1.54, 1.807) is 6.26 Å². The molecular formula is C30H27NO3. The van der Waals surface area contributed by atoms with E-state index in [1.807, 2.05) is 24.3 Å². The minimum Gasteiger partial charge on any atom is -0.494 e. The predicted molar refractivity (Wildman–Crippen MR) is 134 cm³/mol. The maximum atomic E-state index is 13.7. The Hall–Kier alpha value is -3.79. The Bertz CT molecular complexity index is 1380. The standard InChI is InChI=1S/C30H27NO3/c1-2-15-33-22-12-9-20(10-13-22)28-29-23-7-4-3-6-19(23)11-14-24(29)31-25-17-21(18-26(32)30(25)28)27-8-5-16-34-27/h3-14,16,21,28,31H,2,15,17-18H2,1H3/t21-,28+/m1/s1. The first-order valence-electron chi connectivity index (χ1n) is 12.0. The number of carbonyl (C=O) groups excluding carboxylic acids is 1. The smallest absolute Gasteiger partial charge is 0.162 e. The van der Waals surface area contributed by atoms with Crippen LogP contribution in [0.25, 0.3) is 10.8 Å². The summed E-state index contributed by atoms with van der Waals surface area (Å²) in [5, 5.41) is 6.00. The number of rotatable bonds is 5. The molecule has 0 spiro atoms. The fourth-order valence-electron chi connectivity index (χ4n) is 5.44. The lowest BCUT2D eigenvalue weighted by molar-refractivity contribution is -0.116. The summed E-state index contributed by atoms with van der Waals surface area (Å²) in [5.74, 6) is 1.86. The highest BCUT2D eigenvalue weighted by Crippen LogP contribution is 2.50. The number of hydrogen-bond acceptors (Lipinski definition) is 4. The summed E-state index contributed by atoms with van der Waals surface area (Å²) < 4.78 is 11.5. The summed E-state index contributed by atoms with van der Waals surface area (Å²) >= 11 is 0. The van der Waals surface area contributed by atoms with Crippen molar-refractivity contribution >= 4 is 22.2 Å². The normalized spacial score (nSPS) is 19.5. The molecule has 0 saturated carbocycles. The van der Waals surface area contributed by atoms with Gasteiger partial charge in [0.1, 0.15) is 11.5 Å². The number of hydrogen-bond donors (Lipinski definition) is 1. The Balaban J connectivity index is 1.50. The second-order valence-corrected chi connectivity index (χ2v) is 9.16. The van der Waals surface area contributed by atoms with Crippen molar-refractivity contribution in [2.45, 2.75) is 38.0 Å². The highest BCUT2D eigenvalue weighted by Gasteiger charge is 2.39. The minimum atomic E-state index is -0.123. The van der Waals surface area contributed by atoms with Gasteiger partial charge in [0.05, 0.1) is 12.9 Å². The maximum absolute atomic E-state index is 13.7. The molecule has 2 aliphatic rings. The van der Waals surface area contributed by atoms with Gasteiger partial charge in [-0.05, 0) is 65.1 Å². The second-order valence-electron chi connectivity index (χ2n) is 9.16. The number of carbonyl (C=O) groups is 1. The highest BCUT2D eigenvalue weighted by molar-refractivity contribution is 6.04. The highest BCUT2D eigenvalue weighted by atomic mass is 16.5. The van der Waals surface area contributed by atoms with Crippen molar-refractivity contribution in [1.82, 2.24) is 0 Å². The first kappa shape index (κ1) is 20.8. The van der Waals surface area contributed by atoms with Gasteiger partial charge in [-0.15, -0.1) is 0 Å². The van der Waals surface area contributed by atoms with Crippen LogP contribution < -0.4 is 10.1 Å². The molecule has 170 valence electrons. The number of furan rings is 1. The van der Waals surface area contributed by atoms with E-state index in [9.17, 15) is 4.79 Å². The quantitative estimate of drug-likeness (QED) is 0.351. The Morgan fingerprint density at radius 3 is 2.62 bits per heavy atom. The van der Waals surface area contributed by atoms with Gasteiger partial charge in [0.25, 0.3) is 0 Å². The lowest BCUT2D eigenvalue weighted by Crippen LogP contribution is -2.29. The Labute approximate surface area is 199 Å². The lowest BCUT2D eigenvalue weighted by Gasteiger charge is -2.37. The first-order chi connectivity index (χ1) is 16.7. The molecule has 0 saturated heterocycles. The Kier molecular flexibility index (Phi) is 5.21. The summed E-state index contributed by atoms with van der Waals surface area (Å²) in [6.45, 7) is 2.80. The van der Waals surface area contributed by atoms with Gasteiger partial charge in [0.2, 0.25) is 0 Å². The van der Waals surface area contributed by atoms with Crippen molar-refractivity contribution < 1.29 is 13.9 Å². The molecule has 1 aliphatic carbocycles. The van der Waals surface area contributed by atoms with Crippen LogP contribution in [0.15, 0.2) is 94.7 Å². The third-order valence-electron chi connectivity index (χ3n) is 6.97. The van der Waals surface area contributed by atoms with E-state index in [-0.39, 0.29) is 17.6 Å². The predicted octanol–water partition coefficient (Wildman–Crippen LogP) is 7.18. The van der Waals surface area contributed by atoms with Crippen LogP contribution in [0.2, 0.25) is 0 Å². The Morgan fingerprint density at radius 2 is 1.82 bits per heavy atom. The van der Waals surface area contributed by atoms with Crippen molar-refractivity contribution in [3.8, 4) is 5.75 Å². The Morgan fingerprint density at radius 1 is 0.971 bits per heavy atom. The third-order valence-corrected chi connectivity index (χ3v) is 6.97. The molecule has 4 nitrogen and oxygen atoms in total. The van der Waals surface area contributed by atoms with Gasteiger partial charge in [0.15, 0.2) is 5.78 Å². The van der Waals surface area contributed by atoms with Gasteiger partial charge in [0, 0.05) is 35.2 Å².